The van der Waals surface area contributed by atoms with Gasteiger partial charge in [-0.05, 0) is 52.4 Å². The summed E-state index contributed by atoms with van der Waals surface area (Å²) in [5.41, 5.74) is 0.579. The highest BCUT2D eigenvalue weighted by molar-refractivity contribution is 4.92. The first-order valence-corrected chi connectivity index (χ1v) is 7.19. The van der Waals surface area contributed by atoms with Crippen LogP contribution < -0.4 is 5.32 Å². The van der Waals surface area contributed by atoms with Crippen LogP contribution in [0.4, 0.5) is 0 Å². The van der Waals surface area contributed by atoms with Gasteiger partial charge in [0.05, 0.1) is 0 Å². The first kappa shape index (κ1) is 13.3. The second kappa shape index (κ2) is 5.68. The number of nitrogens with one attached hydrogen (secondary N) is 1. The Morgan fingerprint density at radius 1 is 1.29 bits per heavy atom. The zero-order chi connectivity index (χ0) is 12.3. The van der Waals surface area contributed by atoms with Crippen LogP contribution >= 0.6 is 0 Å². The molecular weight excluding hydrogens is 210 g/mol. The third-order valence-corrected chi connectivity index (χ3v) is 4.75. The lowest BCUT2D eigenvalue weighted by atomic mass is 9.85. The molecule has 0 aromatic rings. The Kier molecular flexibility index (Phi) is 4.45. The van der Waals surface area contributed by atoms with Gasteiger partial charge in [0.1, 0.15) is 0 Å². The van der Waals surface area contributed by atoms with Gasteiger partial charge in [0, 0.05) is 25.7 Å². The molecule has 1 N–H and O–H groups in total. The minimum Gasteiger partial charge on any atom is -0.319 e. The van der Waals surface area contributed by atoms with Crippen molar-refractivity contribution in [3.63, 3.8) is 0 Å². The molecule has 1 heterocycles. The minimum atomic E-state index is 0.579. The molecule has 1 aliphatic heterocycles. The average molecular weight is 239 g/mol. The Bertz CT molecular complexity index is 234. The molecule has 100 valence electrons. The first-order chi connectivity index (χ1) is 8.15. The molecule has 1 unspecified atom stereocenters. The SMILES string of the molecule is CNCC1(CN2CCC(N(C)C)C2)CCCC1. The molecule has 17 heavy (non-hydrogen) atoms. The molecule has 2 aliphatic rings. The molecule has 1 aliphatic carbocycles. The summed E-state index contributed by atoms with van der Waals surface area (Å²) in [6.07, 6.45) is 7.08. The van der Waals surface area contributed by atoms with Crippen LogP contribution in [0.1, 0.15) is 32.1 Å². The van der Waals surface area contributed by atoms with Crippen molar-refractivity contribution < 1.29 is 0 Å². The standard InChI is InChI=1S/C14H29N3/c1-15-11-14(7-4-5-8-14)12-17-9-6-13(10-17)16(2)3/h13,15H,4-12H2,1-3H3. The van der Waals surface area contributed by atoms with Crippen molar-refractivity contribution in [2.75, 3.05) is 47.3 Å². The summed E-state index contributed by atoms with van der Waals surface area (Å²) in [6.45, 7) is 5.10. The van der Waals surface area contributed by atoms with Gasteiger partial charge in [0.15, 0.2) is 0 Å². The maximum Gasteiger partial charge on any atom is 0.0229 e. The highest BCUT2D eigenvalue weighted by Crippen LogP contribution is 2.38. The van der Waals surface area contributed by atoms with E-state index >= 15 is 0 Å². The predicted molar refractivity (Wildman–Crippen MR) is 73.4 cm³/mol. The summed E-state index contributed by atoms with van der Waals surface area (Å²) < 4.78 is 0. The van der Waals surface area contributed by atoms with E-state index in [1.807, 2.05) is 0 Å². The van der Waals surface area contributed by atoms with E-state index in [4.69, 9.17) is 0 Å². The van der Waals surface area contributed by atoms with Gasteiger partial charge in [0.25, 0.3) is 0 Å². The van der Waals surface area contributed by atoms with Gasteiger partial charge in [-0.3, -0.25) is 0 Å². The monoisotopic (exact) mass is 239 g/mol. The summed E-state index contributed by atoms with van der Waals surface area (Å²) in [6, 6.07) is 0.781. The second-order valence-corrected chi connectivity index (χ2v) is 6.38. The third-order valence-electron chi connectivity index (χ3n) is 4.75. The second-order valence-electron chi connectivity index (χ2n) is 6.38. The molecule has 1 saturated heterocycles. The number of hydrogen-bond donors (Lipinski definition) is 1. The predicted octanol–water partition coefficient (Wildman–Crippen LogP) is 1.40. The number of likely N-dealkylation sites (tertiary alicyclic amines) is 1. The van der Waals surface area contributed by atoms with Gasteiger partial charge >= 0.3 is 0 Å². The van der Waals surface area contributed by atoms with Gasteiger partial charge in [-0.25, -0.2) is 0 Å². The van der Waals surface area contributed by atoms with Crippen LogP contribution in [0.15, 0.2) is 0 Å². The number of likely N-dealkylation sites (N-methyl/N-ethyl adjacent to an activating group) is 1. The lowest BCUT2D eigenvalue weighted by molar-refractivity contribution is 0.165. The molecule has 3 heteroatoms. The molecule has 0 aromatic carbocycles. The van der Waals surface area contributed by atoms with E-state index in [9.17, 15) is 0 Å². The maximum absolute atomic E-state index is 3.42. The van der Waals surface area contributed by atoms with Gasteiger partial charge in [-0.1, -0.05) is 12.8 Å². The van der Waals surface area contributed by atoms with E-state index in [0.29, 0.717) is 5.41 Å². The lowest BCUT2D eigenvalue weighted by Crippen LogP contribution is -2.42. The molecule has 0 spiro atoms. The molecule has 0 radical (unpaired) electrons. The van der Waals surface area contributed by atoms with Gasteiger partial charge in [-0.2, -0.15) is 0 Å². The molecule has 0 aromatic heterocycles. The Hall–Kier alpha value is -0.120. The fraction of sp³-hybridized carbons (Fsp3) is 1.00. The number of nitrogens with zero attached hydrogens (tertiary/aromatic N) is 2. The van der Waals surface area contributed by atoms with Crippen molar-refractivity contribution in [3.8, 4) is 0 Å². The Labute approximate surface area is 107 Å². The van der Waals surface area contributed by atoms with E-state index in [1.54, 1.807) is 0 Å². The lowest BCUT2D eigenvalue weighted by Gasteiger charge is -2.33. The summed E-state index contributed by atoms with van der Waals surface area (Å²) >= 11 is 0. The largest absolute Gasteiger partial charge is 0.319 e. The van der Waals surface area contributed by atoms with Crippen LogP contribution in [0.3, 0.4) is 0 Å². The maximum atomic E-state index is 3.42. The summed E-state index contributed by atoms with van der Waals surface area (Å²) in [5.74, 6) is 0. The molecule has 0 bridgehead atoms. The van der Waals surface area contributed by atoms with Crippen molar-refractivity contribution in [3.05, 3.63) is 0 Å². The van der Waals surface area contributed by atoms with Crippen LogP contribution in [-0.2, 0) is 0 Å². The van der Waals surface area contributed by atoms with Crippen molar-refractivity contribution >= 4 is 0 Å². The van der Waals surface area contributed by atoms with Crippen LogP contribution in [0.5, 0.6) is 0 Å². The van der Waals surface area contributed by atoms with Crippen molar-refractivity contribution in [1.82, 2.24) is 15.1 Å². The van der Waals surface area contributed by atoms with Crippen LogP contribution in [0, 0.1) is 5.41 Å². The molecule has 0 amide bonds. The van der Waals surface area contributed by atoms with E-state index in [2.05, 4.69) is 36.3 Å². The van der Waals surface area contributed by atoms with Gasteiger partial charge < -0.3 is 15.1 Å². The normalized spacial score (nSPS) is 29.3. The van der Waals surface area contributed by atoms with E-state index in [1.165, 1.54) is 58.3 Å². The van der Waals surface area contributed by atoms with Crippen molar-refractivity contribution in [2.24, 2.45) is 5.41 Å². The quantitative estimate of drug-likeness (QED) is 0.782. The van der Waals surface area contributed by atoms with E-state index < -0.39 is 0 Å². The first-order valence-electron chi connectivity index (χ1n) is 7.19. The fourth-order valence-electron chi connectivity index (χ4n) is 3.74. The fourth-order valence-corrected chi connectivity index (χ4v) is 3.74. The third kappa shape index (κ3) is 3.21. The van der Waals surface area contributed by atoms with Crippen LogP contribution in [0.25, 0.3) is 0 Å². The minimum absolute atomic E-state index is 0.579. The Morgan fingerprint density at radius 3 is 2.53 bits per heavy atom. The average Bonchev–Trinajstić information content (AvgIpc) is 2.89. The van der Waals surface area contributed by atoms with Crippen molar-refractivity contribution in [2.45, 2.75) is 38.1 Å². The molecule has 3 nitrogen and oxygen atoms in total. The van der Waals surface area contributed by atoms with E-state index in [-0.39, 0.29) is 0 Å². The summed E-state index contributed by atoms with van der Waals surface area (Å²) in [5, 5.41) is 3.42. The molecular formula is C14H29N3. The van der Waals surface area contributed by atoms with Crippen LogP contribution in [-0.4, -0.2) is 63.2 Å². The summed E-state index contributed by atoms with van der Waals surface area (Å²) in [7, 11) is 6.53. The molecule has 2 fully saturated rings. The zero-order valence-electron chi connectivity index (χ0n) is 11.8. The van der Waals surface area contributed by atoms with Crippen molar-refractivity contribution in [1.29, 1.82) is 0 Å². The van der Waals surface area contributed by atoms with Gasteiger partial charge in [0.2, 0.25) is 0 Å². The van der Waals surface area contributed by atoms with Crippen LogP contribution in [0.2, 0.25) is 0 Å². The smallest absolute Gasteiger partial charge is 0.0229 e. The van der Waals surface area contributed by atoms with Gasteiger partial charge in [-0.15, -0.1) is 0 Å². The topological polar surface area (TPSA) is 18.5 Å². The molecule has 1 atom stereocenters. The summed E-state index contributed by atoms with van der Waals surface area (Å²) in [4.78, 5) is 5.09. The molecule has 2 rings (SSSR count). The number of rotatable bonds is 5. The highest BCUT2D eigenvalue weighted by Gasteiger charge is 2.37. The Morgan fingerprint density at radius 2 is 2.00 bits per heavy atom. The molecule has 1 saturated carbocycles. The van der Waals surface area contributed by atoms with E-state index in [0.717, 1.165) is 6.04 Å². The zero-order valence-corrected chi connectivity index (χ0v) is 11.8. The highest BCUT2D eigenvalue weighted by atomic mass is 15.2. The number of hydrogen-bond acceptors (Lipinski definition) is 3. The Balaban J connectivity index is 1.87.